The first-order valence-corrected chi connectivity index (χ1v) is 6.88. The number of hydrogen-bond donors (Lipinski definition) is 2. The first-order valence-electron chi connectivity index (χ1n) is 6.88. The number of hydrogen-bond acceptors (Lipinski definition) is 3. The molecule has 0 spiro atoms. The van der Waals surface area contributed by atoms with Gasteiger partial charge in [0.2, 0.25) is 11.8 Å². The highest BCUT2D eigenvalue weighted by Crippen LogP contribution is 2.21. The lowest BCUT2D eigenvalue weighted by Gasteiger charge is -2.11. The second-order valence-electron chi connectivity index (χ2n) is 4.80. The molecule has 0 unspecified atom stereocenters. The van der Waals surface area contributed by atoms with Crippen molar-refractivity contribution in [2.75, 3.05) is 17.7 Å². The molecule has 0 saturated heterocycles. The molecule has 2 amide bonds. The number of rotatable bonds is 5. The minimum absolute atomic E-state index is 0.150. The molecule has 114 valence electrons. The standard InChI is InChI=1S/C17H18N2O3/c1-12(20)18-15-5-3-4-6-16(15)19-17(21)11-13-7-9-14(22-2)10-8-13/h3-10H,11H2,1-2H3,(H,18,20)(H,19,21). The maximum atomic E-state index is 12.1. The third kappa shape index (κ3) is 4.34. The van der Waals surface area contributed by atoms with Crippen molar-refractivity contribution < 1.29 is 14.3 Å². The van der Waals surface area contributed by atoms with E-state index in [4.69, 9.17) is 4.74 Å². The van der Waals surface area contributed by atoms with Crippen LogP contribution in [0.1, 0.15) is 12.5 Å². The van der Waals surface area contributed by atoms with Crippen LogP contribution in [0.3, 0.4) is 0 Å². The summed E-state index contributed by atoms with van der Waals surface area (Å²) in [5.74, 6) is 0.417. The lowest BCUT2D eigenvalue weighted by Crippen LogP contribution is -2.16. The molecule has 2 N–H and O–H groups in total. The fraction of sp³-hybridized carbons (Fsp3) is 0.176. The van der Waals surface area contributed by atoms with Crippen LogP contribution in [0.25, 0.3) is 0 Å². The van der Waals surface area contributed by atoms with E-state index in [1.165, 1.54) is 6.92 Å². The topological polar surface area (TPSA) is 67.4 Å². The Morgan fingerprint density at radius 1 is 0.955 bits per heavy atom. The van der Waals surface area contributed by atoms with Crippen LogP contribution < -0.4 is 15.4 Å². The summed E-state index contributed by atoms with van der Waals surface area (Å²) in [5.41, 5.74) is 2.05. The molecule has 2 aromatic rings. The lowest BCUT2D eigenvalue weighted by molar-refractivity contribution is -0.116. The summed E-state index contributed by atoms with van der Waals surface area (Å²) >= 11 is 0. The van der Waals surface area contributed by atoms with Gasteiger partial charge >= 0.3 is 0 Å². The zero-order valence-corrected chi connectivity index (χ0v) is 12.6. The highest BCUT2D eigenvalue weighted by atomic mass is 16.5. The Kier molecular flexibility index (Phi) is 5.14. The van der Waals surface area contributed by atoms with Gasteiger partial charge in [-0.25, -0.2) is 0 Å². The molecule has 5 nitrogen and oxygen atoms in total. The monoisotopic (exact) mass is 298 g/mol. The molecule has 0 aliphatic carbocycles. The van der Waals surface area contributed by atoms with Gasteiger partial charge in [0.05, 0.1) is 24.9 Å². The number of ether oxygens (including phenoxy) is 1. The van der Waals surface area contributed by atoms with E-state index in [0.717, 1.165) is 11.3 Å². The van der Waals surface area contributed by atoms with Gasteiger partial charge in [-0.3, -0.25) is 9.59 Å². The largest absolute Gasteiger partial charge is 0.497 e. The number of carbonyl (C=O) groups is 2. The van der Waals surface area contributed by atoms with Crippen molar-refractivity contribution in [1.29, 1.82) is 0 Å². The molecular formula is C17H18N2O3. The van der Waals surface area contributed by atoms with Gasteiger partial charge in [0, 0.05) is 6.92 Å². The molecule has 22 heavy (non-hydrogen) atoms. The molecule has 0 aliphatic heterocycles. The quantitative estimate of drug-likeness (QED) is 0.892. The zero-order valence-electron chi connectivity index (χ0n) is 12.6. The number of anilines is 2. The highest BCUT2D eigenvalue weighted by molar-refractivity contribution is 5.99. The average Bonchev–Trinajstić information content (AvgIpc) is 2.49. The minimum Gasteiger partial charge on any atom is -0.497 e. The van der Waals surface area contributed by atoms with Crippen LogP contribution in [0.5, 0.6) is 5.75 Å². The molecule has 5 heteroatoms. The second-order valence-corrected chi connectivity index (χ2v) is 4.80. The summed E-state index contributed by atoms with van der Waals surface area (Å²) in [5, 5.41) is 5.50. The number of amides is 2. The van der Waals surface area contributed by atoms with Gasteiger partial charge < -0.3 is 15.4 Å². The molecule has 2 aromatic carbocycles. The third-order valence-electron chi connectivity index (χ3n) is 3.04. The summed E-state index contributed by atoms with van der Waals surface area (Å²) < 4.78 is 5.08. The number of nitrogens with one attached hydrogen (secondary N) is 2. The van der Waals surface area contributed by atoms with Gasteiger partial charge in [-0.1, -0.05) is 24.3 Å². The van der Waals surface area contributed by atoms with Gasteiger partial charge in [0.15, 0.2) is 0 Å². The van der Waals surface area contributed by atoms with Crippen molar-refractivity contribution in [1.82, 2.24) is 0 Å². The average molecular weight is 298 g/mol. The molecule has 0 radical (unpaired) electrons. The molecule has 0 heterocycles. The van der Waals surface area contributed by atoms with Crippen LogP contribution in [0.4, 0.5) is 11.4 Å². The maximum Gasteiger partial charge on any atom is 0.228 e. The SMILES string of the molecule is COc1ccc(CC(=O)Nc2ccccc2NC(C)=O)cc1. The normalized spacial score (nSPS) is 9.91. The smallest absolute Gasteiger partial charge is 0.228 e. The van der Waals surface area contributed by atoms with E-state index < -0.39 is 0 Å². The van der Waals surface area contributed by atoms with Crippen molar-refractivity contribution in [2.45, 2.75) is 13.3 Å². The molecule has 0 aromatic heterocycles. The molecule has 0 fully saturated rings. The number of benzene rings is 2. The van der Waals surface area contributed by atoms with E-state index in [1.807, 2.05) is 24.3 Å². The van der Waals surface area contributed by atoms with Crippen molar-refractivity contribution in [3.8, 4) is 5.75 Å². The first kappa shape index (κ1) is 15.6. The van der Waals surface area contributed by atoms with Gasteiger partial charge in [-0.15, -0.1) is 0 Å². The van der Waals surface area contributed by atoms with Crippen molar-refractivity contribution in [3.05, 3.63) is 54.1 Å². The van der Waals surface area contributed by atoms with Gasteiger partial charge in [0.25, 0.3) is 0 Å². The van der Waals surface area contributed by atoms with E-state index in [9.17, 15) is 9.59 Å². The van der Waals surface area contributed by atoms with Gasteiger partial charge in [-0.05, 0) is 29.8 Å². The minimum atomic E-state index is -0.183. The van der Waals surface area contributed by atoms with E-state index >= 15 is 0 Å². The first-order chi connectivity index (χ1) is 10.6. The van der Waals surface area contributed by atoms with Crippen LogP contribution in [0.2, 0.25) is 0 Å². The Balaban J connectivity index is 2.03. The van der Waals surface area contributed by atoms with E-state index in [1.54, 1.807) is 31.4 Å². The highest BCUT2D eigenvalue weighted by Gasteiger charge is 2.08. The van der Waals surface area contributed by atoms with Crippen LogP contribution >= 0.6 is 0 Å². The van der Waals surface area contributed by atoms with E-state index in [-0.39, 0.29) is 18.2 Å². The summed E-state index contributed by atoms with van der Waals surface area (Å²) in [6.45, 7) is 1.43. The fourth-order valence-electron chi connectivity index (χ4n) is 2.01. The van der Waals surface area contributed by atoms with Crippen molar-refractivity contribution >= 4 is 23.2 Å². The molecule has 0 saturated carbocycles. The Labute approximate surface area is 129 Å². The maximum absolute atomic E-state index is 12.1. The van der Waals surface area contributed by atoms with Crippen LogP contribution in [0.15, 0.2) is 48.5 Å². The van der Waals surface area contributed by atoms with Crippen molar-refractivity contribution in [3.63, 3.8) is 0 Å². The molecule has 0 bridgehead atoms. The van der Waals surface area contributed by atoms with Crippen LogP contribution in [-0.4, -0.2) is 18.9 Å². The van der Waals surface area contributed by atoms with Crippen molar-refractivity contribution in [2.24, 2.45) is 0 Å². The van der Waals surface area contributed by atoms with Crippen LogP contribution in [0, 0.1) is 0 Å². The Bertz CT molecular complexity index is 666. The Morgan fingerprint density at radius 3 is 2.09 bits per heavy atom. The number of methoxy groups -OCH3 is 1. The predicted octanol–water partition coefficient (Wildman–Crippen LogP) is 2.83. The molecular weight excluding hydrogens is 280 g/mol. The van der Waals surface area contributed by atoms with E-state index in [2.05, 4.69) is 10.6 Å². The second kappa shape index (κ2) is 7.26. The summed E-state index contributed by atoms with van der Waals surface area (Å²) in [6, 6.07) is 14.4. The van der Waals surface area contributed by atoms with E-state index in [0.29, 0.717) is 11.4 Å². The zero-order chi connectivity index (χ0) is 15.9. The molecule has 2 rings (SSSR count). The number of carbonyl (C=O) groups excluding carboxylic acids is 2. The molecule has 0 aliphatic rings. The Hall–Kier alpha value is -2.82. The third-order valence-corrected chi connectivity index (χ3v) is 3.04. The molecule has 0 atom stereocenters. The van der Waals surface area contributed by atoms with Gasteiger partial charge in [0.1, 0.15) is 5.75 Å². The van der Waals surface area contributed by atoms with Crippen LogP contribution in [-0.2, 0) is 16.0 Å². The summed E-state index contributed by atoms with van der Waals surface area (Å²) in [4.78, 5) is 23.3. The van der Waals surface area contributed by atoms with Gasteiger partial charge in [-0.2, -0.15) is 0 Å². The summed E-state index contributed by atoms with van der Waals surface area (Å²) in [6.07, 6.45) is 0.248. The Morgan fingerprint density at radius 2 is 1.55 bits per heavy atom. The fourth-order valence-corrected chi connectivity index (χ4v) is 2.01. The number of para-hydroxylation sites is 2. The summed E-state index contributed by atoms with van der Waals surface area (Å²) in [7, 11) is 1.60. The predicted molar refractivity (Wildman–Crippen MR) is 86.1 cm³/mol. The lowest BCUT2D eigenvalue weighted by atomic mass is 10.1.